The van der Waals surface area contributed by atoms with Gasteiger partial charge in [0.15, 0.2) is 5.75 Å². The van der Waals surface area contributed by atoms with Gasteiger partial charge in [-0.3, -0.25) is 15.0 Å². The Morgan fingerprint density at radius 2 is 2.32 bits per heavy atom. The Bertz CT molecular complexity index is 509. The van der Waals surface area contributed by atoms with Gasteiger partial charge in [0, 0.05) is 18.2 Å². The number of halogens is 1. The van der Waals surface area contributed by atoms with Crippen LogP contribution in [0.25, 0.3) is 0 Å². The predicted octanol–water partition coefficient (Wildman–Crippen LogP) is 1.39. The zero-order valence-electron chi connectivity index (χ0n) is 10.5. The van der Waals surface area contributed by atoms with Gasteiger partial charge in [0.05, 0.1) is 11.0 Å². The Balaban J connectivity index is 2.42. The summed E-state index contributed by atoms with van der Waals surface area (Å²) < 4.78 is 13.5. The monoisotopic (exact) mass is 269 g/mol. The van der Waals surface area contributed by atoms with E-state index in [0.717, 1.165) is 18.7 Å². The number of phenols is 1. The second-order valence-electron chi connectivity index (χ2n) is 4.91. The number of phenolic OH excluding ortho intramolecular Hbond substituents is 1. The van der Waals surface area contributed by atoms with Crippen molar-refractivity contribution in [2.24, 2.45) is 11.7 Å². The molecule has 1 aliphatic rings. The molecule has 1 aromatic rings. The summed E-state index contributed by atoms with van der Waals surface area (Å²) in [4.78, 5) is 11.9. The van der Waals surface area contributed by atoms with Crippen molar-refractivity contribution in [2.75, 3.05) is 20.1 Å². The molecule has 1 saturated heterocycles. The van der Waals surface area contributed by atoms with Crippen LogP contribution in [0, 0.1) is 21.8 Å². The molecule has 0 spiro atoms. The molecule has 1 fully saturated rings. The summed E-state index contributed by atoms with van der Waals surface area (Å²) in [6.45, 7) is 1.23. The van der Waals surface area contributed by atoms with E-state index in [1.807, 2.05) is 11.9 Å². The molecule has 1 heterocycles. The number of benzene rings is 1. The van der Waals surface area contributed by atoms with Crippen molar-refractivity contribution in [1.29, 1.82) is 0 Å². The van der Waals surface area contributed by atoms with Crippen molar-refractivity contribution in [2.45, 2.75) is 12.5 Å². The Morgan fingerprint density at radius 1 is 1.63 bits per heavy atom. The lowest BCUT2D eigenvalue weighted by Crippen LogP contribution is -2.20. The van der Waals surface area contributed by atoms with Crippen molar-refractivity contribution >= 4 is 5.69 Å². The summed E-state index contributed by atoms with van der Waals surface area (Å²) in [7, 11) is 1.83. The van der Waals surface area contributed by atoms with E-state index in [1.165, 1.54) is 0 Å². The quantitative estimate of drug-likeness (QED) is 0.639. The van der Waals surface area contributed by atoms with E-state index < -0.39 is 22.2 Å². The molecule has 1 aromatic carbocycles. The number of hydrogen-bond acceptors (Lipinski definition) is 5. The fourth-order valence-corrected chi connectivity index (χ4v) is 2.64. The van der Waals surface area contributed by atoms with Crippen molar-refractivity contribution in [1.82, 2.24) is 4.90 Å². The maximum atomic E-state index is 13.5. The van der Waals surface area contributed by atoms with Crippen LogP contribution in [0.2, 0.25) is 0 Å². The number of nitro groups is 1. The van der Waals surface area contributed by atoms with Gasteiger partial charge in [-0.05, 0) is 32.0 Å². The van der Waals surface area contributed by atoms with E-state index in [1.54, 1.807) is 0 Å². The summed E-state index contributed by atoms with van der Waals surface area (Å²) in [6.07, 6.45) is 0.654. The zero-order valence-corrected chi connectivity index (χ0v) is 10.5. The molecule has 0 radical (unpaired) electrons. The minimum Gasteiger partial charge on any atom is -0.502 e. The number of nitrogens with zero attached hydrogens (tertiary/aromatic N) is 2. The predicted molar refractivity (Wildman–Crippen MR) is 67.3 cm³/mol. The summed E-state index contributed by atoms with van der Waals surface area (Å²) >= 11 is 0. The van der Waals surface area contributed by atoms with E-state index >= 15 is 0 Å². The van der Waals surface area contributed by atoms with Gasteiger partial charge >= 0.3 is 5.69 Å². The first-order valence-corrected chi connectivity index (χ1v) is 6.01. The third-order valence-electron chi connectivity index (χ3n) is 3.61. The van der Waals surface area contributed by atoms with Gasteiger partial charge in [0.1, 0.15) is 5.82 Å². The SMILES string of the molecule is CN1CC(CN)CC1c1cc(F)cc([N+](=O)[O-])c1O. The number of nitrogens with two attached hydrogens (primary N) is 1. The van der Waals surface area contributed by atoms with Gasteiger partial charge in [-0.1, -0.05) is 0 Å². The highest BCUT2D eigenvalue weighted by Crippen LogP contribution is 2.41. The molecule has 7 heteroatoms. The molecule has 3 N–H and O–H groups in total. The summed E-state index contributed by atoms with van der Waals surface area (Å²) in [5, 5.41) is 20.7. The number of nitro benzene ring substituents is 1. The van der Waals surface area contributed by atoms with Gasteiger partial charge < -0.3 is 10.8 Å². The van der Waals surface area contributed by atoms with Crippen LogP contribution in [-0.4, -0.2) is 35.1 Å². The first-order valence-electron chi connectivity index (χ1n) is 6.01. The van der Waals surface area contributed by atoms with E-state index in [4.69, 9.17) is 5.73 Å². The fourth-order valence-electron chi connectivity index (χ4n) is 2.64. The van der Waals surface area contributed by atoms with Crippen LogP contribution in [0.15, 0.2) is 12.1 Å². The van der Waals surface area contributed by atoms with Crippen LogP contribution < -0.4 is 5.73 Å². The second kappa shape index (κ2) is 5.10. The van der Waals surface area contributed by atoms with Crippen LogP contribution in [0.4, 0.5) is 10.1 Å². The Morgan fingerprint density at radius 3 is 2.84 bits per heavy atom. The van der Waals surface area contributed by atoms with E-state index in [2.05, 4.69) is 0 Å². The minimum atomic E-state index is -0.780. The van der Waals surface area contributed by atoms with Crippen molar-refractivity contribution in [3.05, 3.63) is 33.6 Å². The topological polar surface area (TPSA) is 92.6 Å². The molecule has 0 saturated carbocycles. The molecule has 19 heavy (non-hydrogen) atoms. The number of rotatable bonds is 3. The lowest BCUT2D eigenvalue weighted by Gasteiger charge is -2.20. The van der Waals surface area contributed by atoms with Crippen LogP contribution in [0.5, 0.6) is 5.75 Å². The van der Waals surface area contributed by atoms with Crippen molar-refractivity contribution in [3.63, 3.8) is 0 Å². The van der Waals surface area contributed by atoms with Crippen LogP contribution in [0.3, 0.4) is 0 Å². The van der Waals surface area contributed by atoms with Crippen LogP contribution in [-0.2, 0) is 0 Å². The van der Waals surface area contributed by atoms with Crippen molar-refractivity contribution in [3.8, 4) is 5.75 Å². The normalized spacial score (nSPS) is 23.7. The third kappa shape index (κ3) is 2.52. The van der Waals surface area contributed by atoms with Crippen molar-refractivity contribution < 1.29 is 14.4 Å². The molecule has 0 aromatic heterocycles. The van der Waals surface area contributed by atoms with E-state index in [-0.39, 0.29) is 17.5 Å². The lowest BCUT2D eigenvalue weighted by atomic mass is 9.98. The first-order chi connectivity index (χ1) is 8.93. The maximum absolute atomic E-state index is 13.5. The maximum Gasteiger partial charge on any atom is 0.313 e. The second-order valence-corrected chi connectivity index (χ2v) is 4.91. The largest absolute Gasteiger partial charge is 0.502 e. The van der Waals surface area contributed by atoms with E-state index in [0.29, 0.717) is 13.0 Å². The average Bonchev–Trinajstić information content (AvgIpc) is 2.72. The molecule has 0 bridgehead atoms. The molecular weight excluding hydrogens is 253 g/mol. The number of hydrogen-bond donors (Lipinski definition) is 2. The van der Waals surface area contributed by atoms with Gasteiger partial charge in [0.25, 0.3) is 0 Å². The number of aromatic hydroxyl groups is 1. The molecule has 0 amide bonds. The molecule has 0 aliphatic carbocycles. The summed E-state index contributed by atoms with van der Waals surface area (Å²) in [6, 6.07) is 1.64. The molecule has 104 valence electrons. The first kappa shape index (κ1) is 13.7. The van der Waals surface area contributed by atoms with E-state index in [9.17, 15) is 19.6 Å². The Hall–Kier alpha value is -1.73. The smallest absolute Gasteiger partial charge is 0.313 e. The van der Waals surface area contributed by atoms with Gasteiger partial charge in [-0.25, -0.2) is 4.39 Å². The number of likely N-dealkylation sites (tertiary alicyclic amines) is 1. The highest BCUT2D eigenvalue weighted by Gasteiger charge is 2.34. The van der Waals surface area contributed by atoms with Gasteiger partial charge in [-0.15, -0.1) is 0 Å². The Kier molecular flexibility index (Phi) is 3.68. The van der Waals surface area contributed by atoms with Gasteiger partial charge in [0.2, 0.25) is 0 Å². The van der Waals surface area contributed by atoms with Crippen LogP contribution >= 0.6 is 0 Å². The molecule has 6 nitrogen and oxygen atoms in total. The standard InChI is InChI=1S/C12H16FN3O3/c1-15-6-7(5-14)2-10(15)9-3-8(13)4-11(12(9)17)16(18)19/h3-4,7,10,17H,2,5-6,14H2,1H3. The Labute approximate surface area is 109 Å². The lowest BCUT2D eigenvalue weighted by molar-refractivity contribution is -0.386. The molecule has 2 rings (SSSR count). The molecule has 2 atom stereocenters. The summed E-state index contributed by atoms with van der Waals surface area (Å²) in [5.41, 5.74) is 5.27. The third-order valence-corrected chi connectivity index (χ3v) is 3.61. The van der Waals surface area contributed by atoms with Gasteiger partial charge in [-0.2, -0.15) is 0 Å². The highest BCUT2D eigenvalue weighted by molar-refractivity contribution is 5.52. The van der Waals surface area contributed by atoms with Crippen LogP contribution in [0.1, 0.15) is 18.0 Å². The summed E-state index contributed by atoms with van der Waals surface area (Å²) in [5.74, 6) is -0.929. The average molecular weight is 269 g/mol. The molecule has 2 unspecified atom stereocenters. The fraction of sp³-hybridized carbons (Fsp3) is 0.500. The molecule has 1 aliphatic heterocycles. The minimum absolute atomic E-state index is 0.247. The molecular formula is C12H16FN3O3. The highest BCUT2D eigenvalue weighted by atomic mass is 19.1. The zero-order chi connectivity index (χ0) is 14.2.